The van der Waals surface area contributed by atoms with Gasteiger partial charge >= 0.3 is 0 Å². The number of hydrogen-bond donors (Lipinski definition) is 1. The van der Waals surface area contributed by atoms with Gasteiger partial charge in [-0.25, -0.2) is 8.42 Å². The molecular weight excluding hydrogens is 407 g/mol. The lowest BCUT2D eigenvalue weighted by atomic mass is 10.3. The van der Waals surface area contributed by atoms with Crippen LogP contribution in [0.5, 0.6) is 11.5 Å². The van der Waals surface area contributed by atoms with Gasteiger partial charge in [-0.2, -0.15) is 0 Å². The molecule has 3 rings (SSSR count). The number of rotatable bonds is 5. The molecule has 0 saturated heterocycles. The van der Waals surface area contributed by atoms with Gasteiger partial charge in [0.15, 0.2) is 0 Å². The fourth-order valence-electron chi connectivity index (χ4n) is 2.79. The van der Waals surface area contributed by atoms with E-state index in [4.69, 9.17) is 4.52 Å². The topological polar surface area (TPSA) is 80.7 Å². The highest BCUT2D eigenvalue weighted by Gasteiger charge is 2.41. The van der Waals surface area contributed by atoms with E-state index in [9.17, 15) is 18.1 Å². The van der Waals surface area contributed by atoms with Crippen LogP contribution in [-0.4, -0.2) is 18.7 Å². The molecule has 5 nitrogen and oxygen atoms in total. The van der Waals surface area contributed by atoms with Crippen LogP contribution in [0.15, 0.2) is 88.7 Å². The van der Waals surface area contributed by atoms with Crippen molar-refractivity contribution in [2.75, 3.05) is 0 Å². The quantitative estimate of drug-likeness (QED) is 0.576. The van der Waals surface area contributed by atoms with Crippen LogP contribution in [0.3, 0.4) is 0 Å². The minimum Gasteiger partial charge on any atom is -0.508 e. The first-order valence-corrected chi connectivity index (χ1v) is 12.1. The van der Waals surface area contributed by atoms with Crippen LogP contribution >= 0.6 is 7.37 Å². The van der Waals surface area contributed by atoms with Gasteiger partial charge in [-0.3, -0.25) is 4.57 Å². The van der Waals surface area contributed by atoms with Crippen LogP contribution < -0.4 is 9.83 Å². The van der Waals surface area contributed by atoms with Crippen LogP contribution in [0.1, 0.15) is 20.8 Å². The second kappa shape index (κ2) is 7.69. The molecule has 1 unspecified atom stereocenters. The normalized spacial score (nSPS) is 14.2. The molecule has 3 aromatic rings. The van der Waals surface area contributed by atoms with E-state index in [0.717, 1.165) is 0 Å². The predicted octanol–water partition coefficient (Wildman–Crippen LogP) is 5.01. The molecule has 0 heterocycles. The first-order valence-electron chi connectivity index (χ1n) is 9.04. The van der Waals surface area contributed by atoms with Gasteiger partial charge < -0.3 is 9.63 Å². The molecule has 0 aromatic heterocycles. The van der Waals surface area contributed by atoms with Gasteiger partial charge in [0, 0.05) is 5.30 Å². The molecule has 1 N–H and O–H groups in total. The molecule has 3 aromatic carbocycles. The molecule has 7 heteroatoms. The Bertz CT molecular complexity index is 1130. The smallest absolute Gasteiger partial charge is 0.282 e. The summed E-state index contributed by atoms with van der Waals surface area (Å²) in [5.41, 5.74) is 0. The maximum absolute atomic E-state index is 13.8. The molecule has 0 fully saturated rings. The molecule has 0 saturated carbocycles. The minimum atomic E-state index is -3.73. The zero-order valence-corrected chi connectivity index (χ0v) is 18.2. The van der Waals surface area contributed by atoms with Gasteiger partial charge in [0.1, 0.15) is 11.5 Å². The summed E-state index contributed by atoms with van der Waals surface area (Å²) in [5, 5.41) is 9.32. The van der Waals surface area contributed by atoms with Crippen molar-refractivity contribution >= 4 is 22.5 Å². The standard InChI is InChI=1S/C22H23O5PS/c1-22(2,3)28(24,19-7-5-4-6-8-19)27-18-11-15-21(16-12-18)29(25,26)20-13-9-17(23)10-14-20/h4-16,23H,1-3H3. The van der Waals surface area contributed by atoms with Crippen LogP contribution in [0.2, 0.25) is 0 Å². The molecule has 29 heavy (non-hydrogen) atoms. The first-order chi connectivity index (χ1) is 13.5. The van der Waals surface area contributed by atoms with Gasteiger partial charge in [0.2, 0.25) is 9.84 Å². The van der Waals surface area contributed by atoms with Crippen LogP contribution in [0.4, 0.5) is 0 Å². The number of sulfone groups is 1. The molecule has 0 aliphatic rings. The van der Waals surface area contributed by atoms with Gasteiger partial charge in [-0.05, 0) is 81.4 Å². The van der Waals surface area contributed by atoms with Crippen molar-refractivity contribution in [2.45, 2.75) is 35.7 Å². The van der Waals surface area contributed by atoms with Crippen molar-refractivity contribution in [1.29, 1.82) is 0 Å². The van der Waals surface area contributed by atoms with Gasteiger partial charge in [-0.1, -0.05) is 18.2 Å². The molecule has 0 amide bonds. The number of hydrogen-bond acceptors (Lipinski definition) is 5. The van der Waals surface area contributed by atoms with E-state index in [0.29, 0.717) is 11.1 Å². The largest absolute Gasteiger partial charge is 0.508 e. The van der Waals surface area contributed by atoms with E-state index in [-0.39, 0.29) is 15.5 Å². The SMILES string of the molecule is CC(C)(C)P(=O)(Oc1ccc(S(=O)(=O)c2ccc(O)cc2)cc1)c1ccccc1. The van der Waals surface area contributed by atoms with Crippen molar-refractivity contribution in [3.8, 4) is 11.5 Å². The molecule has 0 bridgehead atoms. The fourth-order valence-corrected chi connectivity index (χ4v) is 6.19. The summed E-state index contributed by atoms with van der Waals surface area (Å²) >= 11 is 0. The third-order valence-electron chi connectivity index (χ3n) is 4.49. The zero-order chi connectivity index (χ0) is 21.3. The lowest BCUT2D eigenvalue weighted by Crippen LogP contribution is -2.26. The van der Waals surface area contributed by atoms with Crippen LogP contribution in [0, 0.1) is 0 Å². The summed E-state index contributed by atoms with van der Waals surface area (Å²) in [5.74, 6) is 0.323. The van der Waals surface area contributed by atoms with Crippen molar-refractivity contribution in [2.24, 2.45) is 0 Å². The zero-order valence-electron chi connectivity index (χ0n) is 16.4. The molecule has 152 valence electrons. The molecule has 1 atom stereocenters. The van der Waals surface area contributed by atoms with E-state index in [1.54, 1.807) is 12.1 Å². The van der Waals surface area contributed by atoms with E-state index >= 15 is 0 Å². The Kier molecular flexibility index (Phi) is 5.61. The predicted molar refractivity (Wildman–Crippen MR) is 114 cm³/mol. The van der Waals surface area contributed by atoms with Crippen molar-refractivity contribution in [3.63, 3.8) is 0 Å². The van der Waals surface area contributed by atoms with Gasteiger partial charge in [0.25, 0.3) is 7.37 Å². The van der Waals surface area contributed by atoms with Crippen molar-refractivity contribution in [3.05, 3.63) is 78.9 Å². The Morgan fingerprint density at radius 2 is 1.28 bits per heavy atom. The molecule has 0 spiro atoms. The molecule has 0 radical (unpaired) electrons. The number of aromatic hydroxyl groups is 1. The third kappa shape index (κ3) is 4.24. The Hall–Kier alpha value is -2.56. The summed E-state index contributed by atoms with van der Waals surface area (Å²) in [6.45, 7) is 5.55. The lowest BCUT2D eigenvalue weighted by Gasteiger charge is -2.31. The summed E-state index contributed by atoms with van der Waals surface area (Å²) in [7, 11) is -7.01. The average Bonchev–Trinajstić information content (AvgIpc) is 2.68. The maximum Gasteiger partial charge on any atom is 0.282 e. The third-order valence-corrected chi connectivity index (χ3v) is 9.49. The Morgan fingerprint density at radius 1 is 0.793 bits per heavy atom. The number of phenols is 1. The van der Waals surface area contributed by atoms with Crippen LogP contribution in [0.25, 0.3) is 0 Å². The van der Waals surface area contributed by atoms with E-state index in [1.165, 1.54) is 48.5 Å². The first kappa shape index (κ1) is 21.2. The summed E-state index contributed by atoms with van der Waals surface area (Å²) in [6.07, 6.45) is 0. The van der Waals surface area contributed by atoms with Gasteiger partial charge in [-0.15, -0.1) is 0 Å². The fraction of sp³-hybridized carbons (Fsp3) is 0.182. The summed E-state index contributed by atoms with van der Waals surface area (Å²) < 4.78 is 45.2. The molecule has 0 aliphatic heterocycles. The highest BCUT2D eigenvalue weighted by molar-refractivity contribution is 7.91. The maximum atomic E-state index is 13.8. The molecule has 0 aliphatic carbocycles. The Balaban J connectivity index is 1.93. The second-order valence-corrected chi connectivity index (χ2v) is 12.7. The Labute approximate surface area is 171 Å². The van der Waals surface area contributed by atoms with Crippen LogP contribution in [-0.2, 0) is 14.4 Å². The molecular formula is C22H23O5PS. The van der Waals surface area contributed by atoms with Crippen molar-refractivity contribution in [1.82, 2.24) is 0 Å². The number of benzene rings is 3. The van der Waals surface area contributed by atoms with Gasteiger partial charge in [0.05, 0.1) is 14.9 Å². The summed E-state index contributed by atoms with van der Waals surface area (Å²) in [4.78, 5) is 0.162. The number of phenolic OH excluding ortho intramolecular Hbond substituents is 1. The lowest BCUT2D eigenvalue weighted by molar-refractivity contribution is 0.461. The highest BCUT2D eigenvalue weighted by atomic mass is 32.2. The highest BCUT2D eigenvalue weighted by Crippen LogP contribution is 2.57. The summed E-state index contributed by atoms with van der Waals surface area (Å²) in [6, 6.07) is 20.2. The van der Waals surface area contributed by atoms with E-state index in [1.807, 2.05) is 39.0 Å². The Morgan fingerprint density at radius 3 is 1.76 bits per heavy atom. The second-order valence-electron chi connectivity index (χ2n) is 7.62. The van der Waals surface area contributed by atoms with Crippen molar-refractivity contribution < 1.29 is 22.6 Å². The van der Waals surface area contributed by atoms with E-state index < -0.39 is 22.4 Å². The van der Waals surface area contributed by atoms with E-state index in [2.05, 4.69) is 0 Å². The monoisotopic (exact) mass is 430 g/mol. The minimum absolute atomic E-state index is 0.00783. The average molecular weight is 430 g/mol.